The lowest BCUT2D eigenvalue weighted by atomic mass is 10.2. The summed E-state index contributed by atoms with van der Waals surface area (Å²) in [6, 6.07) is 5.49. The zero-order chi connectivity index (χ0) is 14.3. The van der Waals surface area contributed by atoms with Crippen molar-refractivity contribution >= 4 is 5.97 Å². The Morgan fingerprint density at radius 2 is 2.00 bits per heavy atom. The van der Waals surface area contributed by atoms with Crippen LogP contribution in [0.2, 0.25) is 0 Å². The van der Waals surface area contributed by atoms with Crippen molar-refractivity contribution in [3.63, 3.8) is 0 Å². The van der Waals surface area contributed by atoms with Crippen LogP contribution in [0.3, 0.4) is 0 Å². The van der Waals surface area contributed by atoms with Crippen molar-refractivity contribution in [1.82, 2.24) is 0 Å². The molecule has 0 atom stereocenters. The van der Waals surface area contributed by atoms with E-state index in [1.807, 2.05) is 0 Å². The molecule has 1 aromatic carbocycles. The Morgan fingerprint density at radius 3 is 2.63 bits per heavy atom. The lowest BCUT2D eigenvalue weighted by Gasteiger charge is -2.09. The molecule has 0 heterocycles. The Labute approximate surface area is 108 Å². The first-order chi connectivity index (χ1) is 8.92. The molecular weight excluding hydrogens is 261 g/mol. The summed E-state index contributed by atoms with van der Waals surface area (Å²) in [6.45, 7) is 1.45. The second-order valence-corrected chi connectivity index (χ2v) is 3.36. The normalized spacial score (nSPS) is 10.3. The molecule has 0 spiro atoms. The number of benzene rings is 1. The van der Waals surface area contributed by atoms with E-state index >= 15 is 0 Å². The van der Waals surface area contributed by atoms with Crippen molar-refractivity contribution in [2.45, 2.75) is 19.7 Å². The number of hydrogen-bond donors (Lipinski definition) is 0. The molecule has 102 valence electrons. The number of carbonyl (C=O) groups excluding carboxylic acids is 1. The predicted molar refractivity (Wildman–Crippen MR) is 61.3 cm³/mol. The fraction of sp³-hybridized carbons (Fsp3) is 0.308. The Balaban J connectivity index is 2.73. The highest BCUT2D eigenvalue weighted by atomic mass is 19.4. The minimum atomic E-state index is -4.77. The fourth-order valence-corrected chi connectivity index (χ4v) is 1.13. The molecule has 0 saturated heterocycles. The highest BCUT2D eigenvalue weighted by Crippen LogP contribution is 2.25. The summed E-state index contributed by atoms with van der Waals surface area (Å²) in [5, 5.41) is 0. The van der Waals surface area contributed by atoms with E-state index < -0.39 is 12.3 Å². The molecule has 0 N–H and O–H groups in total. The number of para-hydroxylation sites is 1. The highest BCUT2D eigenvalue weighted by Gasteiger charge is 2.31. The molecule has 0 aliphatic rings. The zero-order valence-corrected chi connectivity index (χ0v) is 10.1. The number of halogens is 3. The summed E-state index contributed by atoms with van der Waals surface area (Å²) in [4.78, 5) is 10.8. The molecule has 0 aliphatic carbocycles. The van der Waals surface area contributed by atoms with E-state index in [0.717, 1.165) is 6.07 Å². The van der Waals surface area contributed by atoms with Gasteiger partial charge in [0.1, 0.15) is 5.75 Å². The smallest absolute Gasteiger partial charge is 0.452 e. The highest BCUT2D eigenvalue weighted by molar-refractivity contribution is 5.69. The van der Waals surface area contributed by atoms with Crippen LogP contribution in [0.1, 0.15) is 18.9 Å². The van der Waals surface area contributed by atoms with Gasteiger partial charge < -0.3 is 9.47 Å². The molecule has 1 rings (SSSR count). The summed E-state index contributed by atoms with van der Waals surface area (Å²) < 4.78 is 44.9. The van der Waals surface area contributed by atoms with Gasteiger partial charge in [-0.05, 0) is 12.1 Å². The van der Waals surface area contributed by atoms with Crippen LogP contribution < -0.4 is 4.74 Å². The maximum Gasteiger partial charge on any atom is 0.573 e. The predicted octanol–water partition coefficient (Wildman–Crippen LogP) is 2.89. The van der Waals surface area contributed by atoms with Crippen LogP contribution in [0, 0.1) is 11.8 Å². The van der Waals surface area contributed by atoms with Crippen LogP contribution in [-0.2, 0) is 9.53 Å². The van der Waals surface area contributed by atoms with Crippen LogP contribution in [0.4, 0.5) is 13.2 Å². The summed E-state index contributed by atoms with van der Waals surface area (Å²) in [7, 11) is 0. The quantitative estimate of drug-likeness (QED) is 0.627. The van der Waals surface area contributed by atoms with Gasteiger partial charge >= 0.3 is 12.3 Å². The number of rotatable bonds is 3. The van der Waals surface area contributed by atoms with E-state index in [4.69, 9.17) is 0 Å². The van der Waals surface area contributed by atoms with Gasteiger partial charge in [-0.1, -0.05) is 30.9 Å². The first-order valence-corrected chi connectivity index (χ1v) is 5.41. The average molecular weight is 272 g/mol. The average Bonchev–Trinajstić information content (AvgIpc) is 2.34. The summed E-state index contributed by atoms with van der Waals surface area (Å²) in [6.07, 6.45) is -4.55. The van der Waals surface area contributed by atoms with Gasteiger partial charge in [-0.15, -0.1) is 13.2 Å². The van der Waals surface area contributed by atoms with Crippen LogP contribution in [0.5, 0.6) is 5.75 Å². The molecule has 1 aromatic rings. The first-order valence-electron chi connectivity index (χ1n) is 5.41. The molecule has 0 fully saturated rings. The van der Waals surface area contributed by atoms with E-state index in [2.05, 4.69) is 21.3 Å². The van der Waals surface area contributed by atoms with Crippen LogP contribution in [0.25, 0.3) is 0 Å². The molecule has 0 bridgehead atoms. The Hall–Kier alpha value is -2.16. The van der Waals surface area contributed by atoms with Crippen LogP contribution >= 0.6 is 0 Å². The maximum atomic E-state index is 12.1. The Kier molecular flexibility index (Phi) is 5.24. The minimum absolute atomic E-state index is 0.0763. The van der Waals surface area contributed by atoms with Crippen molar-refractivity contribution < 1.29 is 27.4 Å². The van der Waals surface area contributed by atoms with E-state index in [-0.39, 0.29) is 24.3 Å². The van der Waals surface area contributed by atoms with Gasteiger partial charge in [0.05, 0.1) is 5.56 Å². The molecule has 0 saturated carbocycles. The van der Waals surface area contributed by atoms with E-state index in [1.54, 1.807) is 6.92 Å². The maximum absolute atomic E-state index is 12.1. The van der Waals surface area contributed by atoms with Crippen LogP contribution in [-0.4, -0.2) is 18.9 Å². The molecule has 0 aromatic heterocycles. The first kappa shape index (κ1) is 14.9. The molecule has 0 aliphatic heterocycles. The number of carbonyl (C=O) groups is 1. The van der Waals surface area contributed by atoms with Gasteiger partial charge in [-0.2, -0.15) is 0 Å². The molecule has 0 amide bonds. The second kappa shape index (κ2) is 6.69. The SMILES string of the molecule is CCC(=O)OCC#Cc1ccccc1OC(F)(F)F. The number of alkyl halides is 3. The Morgan fingerprint density at radius 1 is 1.32 bits per heavy atom. The lowest BCUT2D eigenvalue weighted by molar-refractivity contribution is -0.274. The summed E-state index contributed by atoms with van der Waals surface area (Å²) >= 11 is 0. The molecule has 6 heteroatoms. The molecular formula is C13H11F3O3. The van der Waals surface area contributed by atoms with Gasteiger partial charge in [0.25, 0.3) is 0 Å². The van der Waals surface area contributed by atoms with Crippen molar-refractivity contribution in [3.05, 3.63) is 29.8 Å². The van der Waals surface area contributed by atoms with E-state index in [9.17, 15) is 18.0 Å². The topological polar surface area (TPSA) is 35.5 Å². The number of esters is 1. The van der Waals surface area contributed by atoms with Gasteiger partial charge in [0.15, 0.2) is 6.61 Å². The second-order valence-electron chi connectivity index (χ2n) is 3.36. The van der Waals surface area contributed by atoms with Crippen molar-refractivity contribution in [1.29, 1.82) is 0 Å². The van der Waals surface area contributed by atoms with Gasteiger partial charge in [0.2, 0.25) is 0 Å². The number of hydrogen-bond acceptors (Lipinski definition) is 3. The third-order valence-corrected chi connectivity index (χ3v) is 1.93. The molecule has 0 unspecified atom stereocenters. The van der Waals surface area contributed by atoms with Crippen molar-refractivity contribution in [3.8, 4) is 17.6 Å². The van der Waals surface area contributed by atoms with Gasteiger partial charge in [-0.3, -0.25) is 4.79 Å². The third kappa shape index (κ3) is 5.82. The summed E-state index contributed by atoms with van der Waals surface area (Å²) in [5.41, 5.74) is 0.0763. The van der Waals surface area contributed by atoms with Crippen molar-refractivity contribution in [2.24, 2.45) is 0 Å². The van der Waals surface area contributed by atoms with Gasteiger partial charge in [-0.25, -0.2) is 0 Å². The van der Waals surface area contributed by atoms with Crippen LogP contribution in [0.15, 0.2) is 24.3 Å². The number of ether oxygens (including phenoxy) is 2. The van der Waals surface area contributed by atoms with E-state index in [1.165, 1.54) is 18.2 Å². The van der Waals surface area contributed by atoms with E-state index in [0.29, 0.717) is 0 Å². The molecule has 19 heavy (non-hydrogen) atoms. The standard InChI is InChI=1S/C13H11F3O3/c1-2-12(17)18-9-5-7-10-6-3-4-8-11(10)19-13(14,15)16/h3-4,6,8H,2,9H2,1H3. The minimum Gasteiger partial charge on any atom is -0.452 e. The molecule has 0 radical (unpaired) electrons. The largest absolute Gasteiger partial charge is 0.573 e. The Bertz CT molecular complexity index is 498. The van der Waals surface area contributed by atoms with Gasteiger partial charge in [0, 0.05) is 6.42 Å². The molecule has 3 nitrogen and oxygen atoms in total. The van der Waals surface area contributed by atoms with Crippen molar-refractivity contribution in [2.75, 3.05) is 6.61 Å². The fourth-order valence-electron chi connectivity index (χ4n) is 1.13. The lowest BCUT2D eigenvalue weighted by Crippen LogP contribution is -2.17. The summed E-state index contributed by atoms with van der Waals surface area (Å²) in [5.74, 6) is 4.11. The third-order valence-electron chi connectivity index (χ3n) is 1.93. The monoisotopic (exact) mass is 272 g/mol. The zero-order valence-electron chi connectivity index (χ0n) is 10.1.